The molecule has 0 aliphatic heterocycles. The first-order valence-corrected chi connectivity index (χ1v) is 9.77. The largest absolute Gasteiger partial charge is 0.452 e. The van der Waals surface area contributed by atoms with Crippen molar-refractivity contribution in [3.63, 3.8) is 0 Å². The zero-order valence-electron chi connectivity index (χ0n) is 15.6. The van der Waals surface area contributed by atoms with Gasteiger partial charge in [0, 0.05) is 13.6 Å². The molecule has 0 fully saturated rings. The molecule has 2 amide bonds. The molecule has 0 spiro atoms. The van der Waals surface area contributed by atoms with Crippen LogP contribution in [0.25, 0.3) is 0 Å². The fourth-order valence-corrected chi connectivity index (χ4v) is 3.17. The van der Waals surface area contributed by atoms with Crippen molar-refractivity contribution in [2.75, 3.05) is 25.1 Å². The number of carbonyl (C=O) groups is 3. The van der Waals surface area contributed by atoms with Crippen LogP contribution in [0.1, 0.15) is 46.2 Å². The third kappa shape index (κ3) is 5.92. The van der Waals surface area contributed by atoms with Crippen LogP contribution in [0, 0.1) is 0 Å². The third-order valence-electron chi connectivity index (χ3n) is 3.96. The van der Waals surface area contributed by atoms with Gasteiger partial charge in [0.25, 0.3) is 11.8 Å². The lowest BCUT2D eigenvalue weighted by atomic mass is 10.1. The summed E-state index contributed by atoms with van der Waals surface area (Å²) in [7, 11) is 1.61. The van der Waals surface area contributed by atoms with Gasteiger partial charge in [-0.2, -0.15) is 0 Å². The van der Waals surface area contributed by atoms with Gasteiger partial charge in [-0.1, -0.05) is 38.0 Å². The van der Waals surface area contributed by atoms with Crippen LogP contribution in [-0.4, -0.2) is 38.0 Å². The number of unbranched alkanes of at least 4 members (excludes halogenated alkanes) is 2. The molecule has 0 saturated carbocycles. The summed E-state index contributed by atoms with van der Waals surface area (Å²) in [5, 5.41) is 4.54. The number of hydrogen-bond donors (Lipinski definition) is 1. The molecule has 1 aromatic heterocycles. The van der Waals surface area contributed by atoms with Crippen molar-refractivity contribution in [1.29, 1.82) is 0 Å². The quantitative estimate of drug-likeness (QED) is 0.527. The van der Waals surface area contributed by atoms with Crippen LogP contribution in [-0.2, 0) is 9.53 Å². The molecule has 2 aromatic rings. The minimum absolute atomic E-state index is 0.209. The lowest BCUT2D eigenvalue weighted by molar-refractivity contribution is -0.124. The number of nitrogens with zero attached hydrogens (tertiary/aromatic N) is 1. The van der Waals surface area contributed by atoms with E-state index in [-0.39, 0.29) is 24.0 Å². The first-order valence-electron chi connectivity index (χ1n) is 8.89. The number of amides is 2. The summed E-state index contributed by atoms with van der Waals surface area (Å²) < 4.78 is 5.12. The van der Waals surface area contributed by atoms with Crippen LogP contribution in [0.15, 0.2) is 41.8 Å². The van der Waals surface area contributed by atoms with Crippen LogP contribution in [0.2, 0.25) is 0 Å². The Morgan fingerprint density at radius 1 is 1.11 bits per heavy atom. The molecular formula is C20H24N2O4S. The number of thiophene rings is 1. The van der Waals surface area contributed by atoms with Gasteiger partial charge in [0.05, 0.1) is 16.1 Å². The number of esters is 1. The van der Waals surface area contributed by atoms with Crippen molar-refractivity contribution in [2.24, 2.45) is 0 Å². The maximum absolute atomic E-state index is 12.5. The molecule has 7 heteroatoms. The standard InChI is InChI=1S/C20H24N2O4S/c1-3-4-7-12-21-18(23)14-26-20(25)15-9-5-6-10-16(15)22(2)19(24)17-11-8-13-27-17/h5-6,8-11,13H,3-4,7,12,14H2,1-2H3,(H,21,23). The maximum Gasteiger partial charge on any atom is 0.340 e. The normalized spacial score (nSPS) is 10.3. The molecule has 1 N–H and O–H groups in total. The van der Waals surface area contributed by atoms with Gasteiger partial charge in [0.1, 0.15) is 0 Å². The fraction of sp³-hybridized carbons (Fsp3) is 0.350. The maximum atomic E-state index is 12.5. The van der Waals surface area contributed by atoms with E-state index < -0.39 is 5.97 Å². The van der Waals surface area contributed by atoms with E-state index in [0.29, 0.717) is 17.1 Å². The van der Waals surface area contributed by atoms with E-state index in [9.17, 15) is 14.4 Å². The lowest BCUT2D eigenvalue weighted by Gasteiger charge is -2.19. The molecule has 1 aromatic carbocycles. The first-order chi connectivity index (χ1) is 13.0. The molecule has 0 unspecified atom stereocenters. The van der Waals surface area contributed by atoms with Crippen molar-refractivity contribution in [3.8, 4) is 0 Å². The zero-order valence-corrected chi connectivity index (χ0v) is 16.4. The Hall–Kier alpha value is -2.67. The summed E-state index contributed by atoms with van der Waals surface area (Å²) in [6, 6.07) is 10.2. The summed E-state index contributed by atoms with van der Waals surface area (Å²) in [5.41, 5.74) is 0.674. The highest BCUT2D eigenvalue weighted by Gasteiger charge is 2.21. The predicted octanol–water partition coefficient (Wildman–Crippen LogP) is 3.49. The molecule has 0 aliphatic rings. The van der Waals surface area contributed by atoms with Crippen LogP contribution in [0.5, 0.6) is 0 Å². The van der Waals surface area contributed by atoms with Gasteiger partial charge >= 0.3 is 5.97 Å². The molecule has 1 heterocycles. The van der Waals surface area contributed by atoms with Gasteiger partial charge in [-0.3, -0.25) is 9.59 Å². The third-order valence-corrected chi connectivity index (χ3v) is 4.82. The van der Waals surface area contributed by atoms with Gasteiger partial charge in [0.15, 0.2) is 6.61 Å². The summed E-state index contributed by atoms with van der Waals surface area (Å²) in [6.45, 7) is 2.31. The lowest BCUT2D eigenvalue weighted by Crippen LogP contribution is -2.30. The average molecular weight is 388 g/mol. The fourth-order valence-electron chi connectivity index (χ4n) is 2.48. The smallest absolute Gasteiger partial charge is 0.340 e. The topological polar surface area (TPSA) is 75.7 Å². The Morgan fingerprint density at radius 3 is 2.59 bits per heavy atom. The molecule has 144 valence electrons. The van der Waals surface area contributed by atoms with E-state index in [1.807, 2.05) is 5.38 Å². The number of anilines is 1. The Morgan fingerprint density at radius 2 is 1.89 bits per heavy atom. The molecule has 0 radical (unpaired) electrons. The first kappa shape index (κ1) is 20.6. The molecule has 0 aliphatic carbocycles. The molecule has 6 nitrogen and oxygen atoms in total. The van der Waals surface area contributed by atoms with Crippen molar-refractivity contribution < 1.29 is 19.1 Å². The van der Waals surface area contributed by atoms with Gasteiger partial charge < -0.3 is 15.0 Å². The Labute approximate surface area is 163 Å². The van der Waals surface area contributed by atoms with Crippen LogP contribution in [0.4, 0.5) is 5.69 Å². The summed E-state index contributed by atoms with van der Waals surface area (Å²) >= 11 is 1.33. The molecular weight excluding hydrogens is 364 g/mol. The van der Waals surface area contributed by atoms with Gasteiger partial charge in [-0.05, 0) is 30.0 Å². The molecule has 2 rings (SSSR count). The minimum atomic E-state index is -0.639. The number of ether oxygens (including phenoxy) is 1. The van der Waals surface area contributed by atoms with Crippen LogP contribution < -0.4 is 10.2 Å². The van der Waals surface area contributed by atoms with Gasteiger partial charge in [-0.25, -0.2) is 4.79 Å². The zero-order chi connectivity index (χ0) is 19.6. The summed E-state index contributed by atoms with van der Waals surface area (Å²) in [6.07, 6.45) is 3.01. The summed E-state index contributed by atoms with van der Waals surface area (Å²) in [5.74, 6) is -1.18. The van der Waals surface area contributed by atoms with E-state index in [2.05, 4.69) is 12.2 Å². The highest BCUT2D eigenvalue weighted by molar-refractivity contribution is 7.12. The van der Waals surface area contributed by atoms with Crippen molar-refractivity contribution in [1.82, 2.24) is 5.32 Å². The highest BCUT2D eigenvalue weighted by Crippen LogP contribution is 2.23. The molecule has 0 bridgehead atoms. The Balaban J connectivity index is 1.99. The Kier molecular flexibility index (Phi) is 8.00. The second kappa shape index (κ2) is 10.5. The Bertz CT molecular complexity index is 774. The van der Waals surface area contributed by atoms with Crippen molar-refractivity contribution >= 4 is 34.8 Å². The minimum Gasteiger partial charge on any atom is -0.452 e. The second-order valence-corrected chi connectivity index (χ2v) is 6.94. The van der Waals surface area contributed by atoms with E-state index in [0.717, 1.165) is 19.3 Å². The average Bonchev–Trinajstić information content (AvgIpc) is 3.23. The number of para-hydroxylation sites is 1. The number of benzene rings is 1. The van der Waals surface area contributed by atoms with Crippen LogP contribution in [0.3, 0.4) is 0 Å². The van der Waals surface area contributed by atoms with E-state index >= 15 is 0 Å². The van der Waals surface area contributed by atoms with E-state index in [4.69, 9.17) is 4.74 Å². The molecule has 0 saturated heterocycles. The van der Waals surface area contributed by atoms with Gasteiger partial charge in [0.2, 0.25) is 0 Å². The van der Waals surface area contributed by atoms with Crippen molar-refractivity contribution in [2.45, 2.75) is 26.2 Å². The monoisotopic (exact) mass is 388 g/mol. The number of carbonyl (C=O) groups excluding carboxylic acids is 3. The van der Waals surface area contributed by atoms with Gasteiger partial charge in [-0.15, -0.1) is 11.3 Å². The number of rotatable bonds is 9. The van der Waals surface area contributed by atoms with Crippen LogP contribution >= 0.6 is 11.3 Å². The predicted molar refractivity (Wildman–Crippen MR) is 106 cm³/mol. The number of nitrogens with one attached hydrogen (secondary N) is 1. The summed E-state index contributed by atoms with van der Waals surface area (Å²) in [4.78, 5) is 38.7. The highest BCUT2D eigenvalue weighted by atomic mass is 32.1. The van der Waals surface area contributed by atoms with Crippen molar-refractivity contribution in [3.05, 3.63) is 52.2 Å². The molecule has 27 heavy (non-hydrogen) atoms. The van der Waals surface area contributed by atoms with E-state index in [1.54, 1.807) is 43.4 Å². The second-order valence-electron chi connectivity index (χ2n) is 5.99. The number of hydrogen-bond acceptors (Lipinski definition) is 5. The van der Waals surface area contributed by atoms with E-state index in [1.165, 1.54) is 16.2 Å². The molecule has 0 atom stereocenters. The SMILES string of the molecule is CCCCCNC(=O)COC(=O)c1ccccc1N(C)C(=O)c1cccs1.